The van der Waals surface area contributed by atoms with Crippen molar-refractivity contribution in [3.63, 3.8) is 0 Å². The second kappa shape index (κ2) is 3.16. The standard InChI is InChI=1S/C9H8FN/c1-7-3-4-9(10)8(5-7)6-11-2/h3-5H,6H2,1H3. The van der Waals surface area contributed by atoms with Gasteiger partial charge in [0.05, 0.1) is 5.56 Å². The number of benzene rings is 1. The van der Waals surface area contributed by atoms with E-state index in [2.05, 4.69) is 4.85 Å². The SMILES string of the molecule is [C-]#[N+]Cc1cc(C)ccc1F. The number of rotatable bonds is 1. The first kappa shape index (κ1) is 7.74. The van der Waals surface area contributed by atoms with Crippen LogP contribution in [-0.4, -0.2) is 0 Å². The summed E-state index contributed by atoms with van der Waals surface area (Å²) in [7, 11) is 0. The van der Waals surface area contributed by atoms with E-state index in [9.17, 15) is 4.39 Å². The van der Waals surface area contributed by atoms with Crippen LogP contribution in [0.3, 0.4) is 0 Å². The van der Waals surface area contributed by atoms with E-state index in [-0.39, 0.29) is 12.4 Å². The first-order valence-corrected chi connectivity index (χ1v) is 3.32. The normalized spacial score (nSPS) is 9.18. The summed E-state index contributed by atoms with van der Waals surface area (Å²) in [5.41, 5.74) is 1.48. The van der Waals surface area contributed by atoms with Crippen molar-refractivity contribution in [2.75, 3.05) is 0 Å². The molecule has 0 amide bonds. The zero-order valence-corrected chi connectivity index (χ0v) is 6.26. The maximum Gasteiger partial charge on any atom is 0.242 e. The molecule has 0 aliphatic heterocycles. The first-order valence-electron chi connectivity index (χ1n) is 3.32. The molecule has 11 heavy (non-hydrogen) atoms. The van der Waals surface area contributed by atoms with Gasteiger partial charge < -0.3 is 4.85 Å². The van der Waals surface area contributed by atoms with Crippen LogP contribution in [0.5, 0.6) is 0 Å². The smallest absolute Gasteiger partial charge is 0.242 e. The van der Waals surface area contributed by atoms with Gasteiger partial charge >= 0.3 is 0 Å². The largest absolute Gasteiger partial charge is 0.312 e. The van der Waals surface area contributed by atoms with E-state index in [0.29, 0.717) is 5.56 Å². The topological polar surface area (TPSA) is 4.36 Å². The van der Waals surface area contributed by atoms with E-state index < -0.39 is 0 Å². The number of nitrogens with zero attached hydrogens (tertiary/aromatic N) is 1. The molecule has 0 bridgehead atoms. The molecule has 0 saturated carbocycles. The van der Waals surface area contributed by atoms with Crippen molar-refractivity contribution in [2.45, 2.75) is 13.5 Å². The summed E-state index contributed by atoms with van der Waals surface area (Å²) in [4.78, 5) is 3.12. The van der Waals surface area contributed by atoms with Gasteiger partial charge in [0, 0.05) is 0 Å². The molecule has 1 nitrogen and oxygen atoms in total. The van der Waals surface area contributed by atoms with Crippen LogP contribution in [-0.2, 0) is 6.54 Å². The molecule has 2 heteroatoms. The molecule has 0 atom stereocenters. The summed E-state index contributed by atoms with van der Waals surface area (Å²) in [6.45, 7) is 8.58. The molecule has 0 unspecified atom stereocenters. The Kier molecular flexibility index (Phi) is 2.22. The predicted molar refractivity (Wildman–Crippen MR) is 41.4 cm³/mol. The Balaban J connectivity index is 3.05. The van der Waals surface area contributed by atoms with Gasteiger partial charge in [-0.05, 0) is 19.1 Å². The second-order valence-electron chi connectivity index (χ2n) is 2.41. The number of hydrogen-bond donors (Lipinski definition) is 0. The molecular weight excluding hydrogens is 141 g/mol. The second-order valence-corrected chi connectivity index (χ2v) is 2.41. The fourth-order valence-corrected chi connectivity index (χ4v) is 0.910. The van der Waals surface area contributed by atoms with E-state index in [1.54, 1.807) is 12.1 Å². The number of aryl methyl sites for hydroxylation is 1. The maximum atomic E-state index is 12.8. The fourth-order valence-electron chi connectivity index (χ4n) is 0.910. The quantitative estimate of drug-likeness (QED) is 0.540. The van der Waals surface area contributed by atoms with Crippen LogP contribution >= 0.6 is 0 Å². The van der Waals surface area contributed by atoms with Crippen molar-refractivity contribution in [2.24, 2.45) is 0 Å². The minimum atomic E-state index is -0.286. The van der Waals surface area contributed by atoms with Crippen molar-refractivity contribution in [1.82, 2.24) is 0 Å². The van der Waals surface area contributed by atoms with Crippen LogP contribution in [0.2, 0.25) is 0 Å². The van der Waals surface area contributed by atoms with Gasteiger partial charge in [-0.2, -0.15) is 0 Å². The van der Waals surface area contributed by atoms with Crippen molar-refractivity contribution in [3.8, 4) is 0 Å². The molecule has 1 aromatic rings. The van der Waals surface area contributed by atoms with Gasteiger partial charge in [-0.1, -0.05) is 11.6 Å². The van der Waals surface area contributed by atoms with Crippen LogP contribution in [0.4, 0.5) is 4.39 Å². The van der Waals surface area contributed by atoms with Crippen molar-refractivity contribution in [3.05, 3.63) is 46.6 Å². The zero-order chi connectivity index (χ0) is 8.27. The van der Waals surface area contributed by atoms with E-state index >= 15 is 0 Å². The van der Waals surface area contributed by atoms with Crippen LogP contribution in [0.15, 0.2) is 18.2 Å². The molecule has 0 spiro atoms. The van der Waals surface area contributed by atoms with Crippen LogP contribution in [0.1, 0.15) is 11.1 Å². The molecule has 0 saturated heterocycles. The molecule has 0 N–H and O–H groups in total. The van der Waals surface area contributed by atoms with Gasteiger partial charge in [0.2, 0.25) is 6.54 Å². The van der Waals surface area contributed by atoms with Crippen LogP contribution in [0, 0.1) is 19.3 Å². The fraction of sp³-hybridized carbons (Fsp3) is 0.222. The van der Waals surface area contributed by atoms with Gasteiger partial charge in [0.25, 0.3) is 0 Å². The summed E-state index contributed by atoms with van der Waals surface area (Å²) in [6, 6.07) is 4.80. The highest BCUT2D eigenvalue weighted by Gasteiger charge is 2.02. The molecule has 56 valence electrons. The summed E-state index contributed by atoms with van der Waals surface area (Å²) in [5.74, 6) is -0.286. The molecule has 1 aromatic carbocycles. The Labute approximate surface area is 65.3 Å². The lowest BCUT2D eigenvalue weighted by molar-refractivity contribution is 0.614. The Bertz CT molecular complexity index is 299. The van der Waals surface area contributed by atoms with Gasteiger partial charge in [-0.25, -0.2) is 11.0 Å². The van der Waals surface area contributed by atoms with Crippen LogP contribution in [0.25, 0.3) is 4.85 Å². The van der Waals surface area contributed by atoms with Gasteiger partial charge in [-0.15, -0.1) is 0 Å². The average molecular weight is 149 g/mol. The number of hydrogen-bond acceptors (Lipinski definition) is 0. The summed E-state index contributed by atoms with van der Waals surface area (Å²) >= 11 is 0. The molecule has 1 rings (SSSR count). The minimum Gasteiger partial charge on any atom is -0.312 e. The van der Waals surface area contributed by atoms with Gasteiger partial charge in [-0.3, -0.25) is 0 Å². The summed E-state index contributed by atoms with van der Waals surface area (Å²) in [5, 5.41) is 0. The van der Waals surface area contributed by atoms with E-state index in [4.69, 9.17) is 6.57 Å². The third-order valence-corrected chi connectivity index (χ3v) is 1.45. The van der Waals surface area contributed by atoms with Crippen molar-refractivity contribution in [1.29, 1.82) is 0 Å². The highest BCUT2D eigenvalue weighted by Crippen LogP contribution is 2.10. The maximum absolute atomic E-state index is 12.8. The lowest BCUT2D eigenvalue weighted by atomic mass is 10.1. The average Bonchev–Trinajstić information content (AvgIpc) is 1.98. The van der Waals surface area contributed by atoms with Gasteiger partial charge in [0.15, 0.2) is 0 Å². The van der Waals surface area contributed by atoms with Crippen molar-refractivity contribution >= 4 is 0 Å². The molecule has 0 radical (unpaired) electrons. The third kappa shape index (κ3) is 1.78. The monoisotopic (exact) mass is 149 g/mol. The van der Waals surface area contributed by atoms with Gasteiger partial charge in [0.1, 0.15) is 5.82 Å². The molecule has 0 heterocycles. The highest BCUT2D eigenvalue weighted by atomic mass is 19.1. The van der Waals surface area contributed by atoms with E-state index in [1.807, 2.05) is 6.92 Å². The Hall–Kier alpha value is -1.36. The van der Waals surface area contributed by atoms with Crippen molar-refractivity contribution < 1.29 is 4.39 Å². The minimum absolute atomic E-state index is 0.132. The van der Waals surface area contributed by atoms with E-state index in [1.165, 1.54) is 6.07 Å². The third-order valence-electron chi connectivity index (χ3n) is 1.45. The summed E-state index contributed by atoms with van der Waals surface area (Å²) in [6.07, 6.45) is 0. The van der Waals surface area contributed by atoms with Crippen LogP contribution < -0.4 is 0 Å². The molecule has 0 aliphatic rings. The predicted octanol–water partition coefficient (Wildman–Crippen LogP) is 2.55. The Morgan fingerprint density at radius 1 is 1.55 bits per heavy atom. The molecular formula is C9H8FN. The molecule has 0 fully saturated rings. The molecule has 0 aromatic heterocycles. The van der Waals surface area contributed by atoms with E-state index in [0.717, 1.165) is 5.56 Å². The Morgan fingerprint density at radius 2 is 2.27 bits per heavy atom. The zero-order valence-electron chi connectivity index (χ0n) is 6.26. The Morgan fingerprint density at radius 3 is 2.91 bits per heavy atom. The highest BCUT2D eigenvalue weighted by molar-refractivity contribution is 5.24. The lowest BCUT2D eigenvalue weighted by Gasteiger charge is -1.96. The number of halogens is 1. The summed E-state index contributed by atoms with van der Waals surface area (Å²) < 4.78 is 12.8. The molecule has 0 aliphatic carbocycles. The first-order chi connectivity index (χ1) is 5.24. The lowest BCUT2D eigenvalue weighted by Crippen LogP contribution is -1.87.